The van der Waals surface area contributed by atoms with Crippen LogP contribution in [0.4, 0.5) is 0 Å². The summed E-state index contributed by atoms with van der Waals surface area (Å²) in [5.74, 6) is 1.62. The average Bonchev–Trinajstić information content (AvgIpc) is 3.74. The van der Waals surface area contributed by atoms with Gasteiger partial charge in [-0.2, -0.15) is 0 Å². The van der Waals surface area contributed by atoms with E-state index in [0.717, 1.165) is 28.4 Å². The lowest BCUT2D eigenvalue weighted by Crippen LogP contribution is -2.36. The molecule has 1 atom stereocenters. The maximum Gasteiger partial charge on any atom is 0.159 e. The van der Waals surface area contributed by atoms with Crippen LogP contribution in [0, 0.1) is 0 Å². The molecule has 11 rings (SSSR count). The van der Waals surface area contributed by atoms with Crippen LogP contribution in [0.5, 0.6) is 0 Å². The normalized spacial score (nSPS) is 15.7. The SMILES string of the molecule is CN1C(c2ccc(-c3ccccc3)cc2)=NC(c2ccc(-c3ccccc3)cc2)=N[C@@H]1c1ccc2c(c1)C1(c3ccccc3-c3ccccc31)c1ccccc1-2. The quantitative estimate of drug-likeness (QED) is 0.174. The molecule has 56 heavy (non-hydrogen) atoms. The van der Waals surface area contributed by atoms with Gasteiger partial charge in [-0.05, 0) is 78.4 Å². The van der Waals surface area contributed by atoms with Gasteiger partial charge in [0.1, 0.15) is 5.84 Å². The number of amidine groups is 2. The van der Waals surface area contributed by atoms with E-state index in [2.05, 4.69) is 212 Å². The molecule has 0 aromatic heterocycles. The fourth-order valence-corrected chi connectivity index (χ4v) is 9.39. The summed E-state index contributed by atoms with van der Waals surface area (Å²) in [6, 6.07) is 72.5. The van der Waals surface area contributed by atoms with E-state index in [1.165, 1.54) is 66.8 Å². The number of aliphatic imine (C=N–C) groups is 2. The van der Waals surface area contributed by atoms with Crippen molar-refractivity contribution in [2.75, 3.05) is 7.05 Å². The Labute approximate surface area is 327 Å². The minimum Gasteiger partial charge on any atom is -0.333 e. The van der Waals surface area contributed by atoms with Gasteiger partial charge in [0.15, 0.2) is 12.0 Å². The number of rotatable bonds is 5. The predicted molar refractivity (Wildman–Crippen MR) is 230 cm³/mol. The zero-order valence-corrected chi connectivity index (χ0v) is 31.0. The van der Waals surface area contributed by atoms with Crippen molar-refractivity contribution in [3.63, 3.8) is 0 Å². The highest BCUT2D eigenvalue weighted by molar-refractivity contribution is 6.13. The second-order valence-electron chi connectivity index (χ2n) is 15.0. The Morgan fingerprint density at radius 2 is 0.804 bits per heavy atom. The largest absolute Gasteiger partial charge is 0.333 e. The minimum atomic E-state index is -0.424. The first-order valence-corrected chi connectivity index (χ1v) is 19.3. The molecule has 2 aliphatic carbocycles. The average molecular weight is 716 g/mol. The van der Waals surface area contributed by atoms with Crippen molar-refractivity contribution in [3.05, 3.63) is 239 Å². The standard InChI is InChI=1S/C53H37N3/c1-56-51(40-30-26-38(27-31-40)36-16-6-3-7-17-36)54-50(39-28-24-37(25-29-39)35-14-4-2-5-15-35)55-52(56)41-32-33-45-44-20-10-13-23-48(44)53(49(45)34-41)46-21-11-8-18-42(46)43-19-9-12-22-47(43)53/h2-34,52H,1H3/t52-/m0/s1. The van der Waals surface area contributed by atoms with Crippen LogP contribution in [0.3, 0.4) is 0 Å². The molecule has 0 radical (unpaired) electrons. The van der Waals surface area contributed by atoms with Gasteiger partial charge >= 0.3 is 0 Å². The Kier molecular flexibility index (Phi) is 7.36. The predicted octanol–water partition coefficient (Wildman–Crippen LogP) is 12.2. The maximum absolute atomic E-state index is 5.48. The Morgan fingerprint density at radius 3 is 1.32 bits per heavy atom. The summed E-state index contributed by atoms with van der Waals surface area (Å²) < 4.78 is 0. The molecule has 0 fully saturated rings. The summed E-state index contributed by atoms with van der Waals surface area (Å²) in [6.07, 6.45) is -0.307. The molecule has 1 heterocycles. The first kappa shape index (κ1) is 32.3. The van der Waals surface area contributed by atoms with Gasteiger partial charge in [0.2, 0.25) is 0 Å². The molecular formula is C53H37N3. The molecule has 8 aromatic carbocycles. The molecule has 3 nitrogen and oxygen atoms in total. The van der Waals surface area contributed by atoms with Crippen LogP contribution in [0.2, 0.25) is 0 Å². The van der Waals surface area contributed by atoms with E-state index in [-0.39, 0.29) is 6.17 Å². The highest BCUT2D eigenvalue weighted by Crippen LogP contribution is 2.63. The van der Waals surface area contributed by atoms with Gasteiger partial charge in [0.25, 0.3) is 0 Å². The van der Waals surface area contributed by atoms with Crippen molar-refractivity contribution in [1.29, 1.82) is 0 Å². The molecule has 1 spiro atoms. The van der Waals surface area contributed by atoms with Gasteiger partial charge in [-0.15, -0.1) is 0 Å². The summed E-state index contributed by atoms with van der Waals surface area (Å²) in [5, 5.41) is 0. The molecule has 0 saturated heterocycles. The topological polar surface area (TPSA) is 28.0 Å². The van der Waals surface area contributed by atoms with E-state index >= 15 is 0 Å². The van der Waals surface area contributed by atoms with E-state index in [0.29, 0.717) is 0 Å². The monoisotopic (exact) mass is 715 g/mol. The van der Waals surface area contributed by atoms with Crippen molar-refractivity contribution in [1.82, 2.24) is 4.90 Å². The number of hydrogen-bond donors (Lipinski definition) is 0. The molecule has 0 unspecified atom stereocenters. The summed E-state index contributed by atoms with van der Waals surface area (Å²) in [4.78, 5) is 13.0. The molecule has 0 bridgehead atoms. The molecular weight excluding hydrogens is 679 g/mol. The second kappa shape index (κ2) is 12.8. The van der Waals surface area contributed by atoms with Crippen molar-refractivity contribution in [3.8, 4) is 44.5 Å². The molecule has 0 N–H and O–H groups in total. The number of hydrogen-bond acceptors (Lipinski definition) is 3. The number of nitrogens with zero attached hydrogens (tertiary/aromatic N) is 3. The Bertz CT molecular complexity index is 2790. The number of benzene rings is 8. The van der Waals surface area contributed by atoms with Crippen LogP contribution in [-0.2, 0) is 5.41 Å². The lowest BCUT2D eigenvalue weighted by molar-refractivity contribution is 0.382. The Hall–Kier alpha value is -7.10. The van der Waals surface area contributed by atoms with Crippen LogP contribution in [0.15, 0.2) is 210 Å². The van der Waals surface area contributed by atoms with Crippen LogP contribution in [0.25, 0.3) is 44.5 Å². The van der Waals surface area contributed by atoms with Gasteiger partial charge < -0.3 is 4.90 Å². The van der Waals surface area contributed by atoms with Gasteiger partial charge in [-0.25, -0.2) is 9.98 Å². The zero-order chi connectivity index (χ0) is 37.2. The van der Waals surface area contributed by atoms with Crippen LogP contribution >= 0.6 is 0 Å². The molecule has 0 saturated carbocycles. The van der Waals surface area contributed by atoms with Crippen molar-refractivity contribution < 1.29 is 0 Å². The van der Waals surface area contributed by atoms with E-state index in [4.69, 9.17) is 9.98 Å². The van der Waals surface area contributed by atoms with Gasteiger partial charge in [0, 0.05) is 18.2 Å². The van der Waals surface area contributed by atoms with Crippen molar-refractivity contribution >= 4 is 11.7 Å². The highest BCUT2D eigenvalue weighted by atomic mass is 15.3. The van der Waals surface area contributed by atoms with Gasteiger partial charge in [-0.3, -0.25) is 0 Å². The summed E-state index contributed by atoms with van der Waals surface area (Å²) in [7, 11) is 2.13. The molecule has 264 valence electrons. The minimum absolute atomic E-state index is 0.307. The van der Waals surface area contributed by atoms with E-state index in [9.17, 15) is 0 Å². The van der Waals surface area contributed by atoms with Crippen LogP contribution in [0.1, 0.15) is 45.1 Å². The molecule has 3 aliphatic rings. The fourth-order valence-electron chi connectivity index (χ4n) is 9.39. The summed E-state index contributed by atoms with van der Waals surface area (Å²) >= 11 is 0. The van der Waals surface area contributed by atoms with E-state index < -0.39 is 5.41 Å². The maximum atomic E-state index is 5.48. The van der Waals surface area contributed by atoms with Gasteiger partial charge in [-0.1, -0.05) is 194 Å². The first-order valence-electron chi connectivity index (χ1n) is 19.3. The smallest absolute Gasteiger partial charge is 0.159 e. The molecule has 1 aliphatic heterocycles. The molecule has 3 heteroatoms. The van der Waals surface area contributed by atoms with Crippen molar-refractivity contribution in [2.45, 2.75) is 11.6 Å². The lowest BCUT2D eigenvalue weighted by atomic mass is 9.70. The third-order valence-corrected chi connectivity index (χ3v) is 12.0. The van der Waals surface area contributed by atoms with E-state index in [1.807, 2.05) is 0 Å². The molecule has 8 aromatic rings. The van der Waals surface area contributed by atoms with Gasteiger partial charge in [0.05, 0.1) is 5.41 Å². The third-order valence-electron chi connectivity index (χ3n) is 12.0. The molecule has 0 amide bonds. The number of fused-ring (bicyclic) bond motifs is 10. The third kappa shape index (κ3) is 4.84. The first-order chi connectivity index (χ1) is 27.7. The van der Waals surface area contributed by atoms with Crippen LogP contribution in [-0.4, -0.2) is 23.6 Å². The fraction of sp³-hybridized carbons (Fsp3) is 0.0566. The highest BCUT2D eigenvalue weighted by Gasteiger charge is 2.51. The summed E-state index contributed by atoms with van der Waals surface area (Å²) in [6.45, 7) is 0. The summed E-state index contributed by atoms with van der Waals surface area (Å²) in [5.41, 5.74) is 18.0. The van der Waals surface area contributed by atoms with Crippen molar-refractivity contribution in [2.24, 2.45) is 9.98 Å². The van der Waals surface area contributed by atoms with E-state index in [1.54, 1.807) is 0 Å². The second-order valence-corrected chi connectivity index (χ2v) is 15.0. The zero-order valence-electron chi connectivity index (χ0n) is 31.0. The van der Waals surface area contributed by atoms with Crippen LogP contribution < -0.4 is 0 Å². The Morgan fingerprint density at radius 1 is 0.393 bits per heavy atom. The Balaban J connectivity index is 1.07. The lowest BCUT2D eigenvalue weighted by Gasteiger charge is -2.34.